The fourth-order valence-corrected chi connectivity index (χ4v) is 5.81. The van der Waals surface area contributed by atoms with Gasteiger partial charge in [-0.05, 0) is 39.0 Å². The van der Waals surface area contributed by atoms with Crippen LogP contribution in [0.4, 0.5) is 18.2 Å². The van der Waals surface area contributed by atoms with E-state index in [9.17, 15) is 18.0 Å². The number of hydrogen-bond donors (Lipinski definition) is 1. The van der Waals surface area contributed by atoms with Crippen LogP contribution < -0.4 is 4.90 Å². The Morgan fingerprint density at radius 2 is 2.00 bits per heavy atom. The molecule has 1 fully saturated rings. The van der Waals surface area contributed by atoms with Crippen LogP contribution in [0.5, 0.6) is 0 Å². The van der Waals surface area contributed by atoms with Crippen LogP contribution in [0.1, 0.15) is 23.6 Å². The lowest BCUT2D eigenvalue weighted by atomic mass is 10.2. The molecule has 0 unspecified atom stereocenters. The highest BCUT2D eigenvalue weighted by Crippen LogP contribution is 2.42. The summed E-state index contributed by atoms with van der Waals surface area (Å²) < 4.78 is 44.5. The molecular weight excluding hydrogens is 547 g/mol. The fourth-order valence-electron chi connectivity index (χ4n) is 4.84. The van der Waals surface area contributed by atoms with Crippen molar-refractivity contribution < 1.29 is 18.0 Å². The molecular formula is C24H24F3N11OS. The SMILES string of the molecule is Cc1nc(C)n(CC(=O)N2CCN(c3sc(C(F)(F)F)nc3-c3nc4ccc(-n5cncn5)cc4[nH]3)C[C@H]2C)n1. The zero-order valence-electron chi connectivity index (χ0n) is 21.7. The number of aryl methyl sites for hydroxylation is 2. The van der Waals surface area contributed by atoms with Crippen LogP contribution in [0.2, 0.25) is 0 Å². The third kappa shape index (κ3) is 4.78. The summed E-state index contributed by atoms with van der Waals surface area (Å²) in [7, 11) is 0. The monoisotopic (exact) mass is 571 g/mol. The van der Waals surface area contributed by atoms with Crippen LogP contribution in [-0.4, -0.2) is 81.0 Å². The number of fused-ring (bicyclic) bond motifs is 1. The van der Waals surface area contributed by atoms with E-state index in [0.717, 1.165) is 5.69 Å². The molecule has 12 nitrogen and oxygen atoms in total. The van der Waals surface area contributed by atoms with Gasteiger partial charge in [-0.15, -0.1) is 0 Å². The predicted octanol–water partition coefficient (Wildman–Crippen LogP) is 3.23. The van der Waals surface area contributed by atoms with Gasteiger partial charge in [-0.1, -0.05) is 11.3 Å². The van der Waals surface area contributed by atoms with Gasteiger partial charge in [-0.3, -0.25) is 4.79 Å². The number of carbonyl (C=O) groups is 1. The number of carbonyl (C=O) groups excluding carboxylic acids is 1. The number of aromatic nitrogens is 9. The Kier molecular flexibility index (Phi) is 6.28. The van der Waals surface area contributed by atoms with E-state index in [1.165, 1.54) is 6.33 Å². The number of amides is 1. The number of thiazole rings is 1. The Hall–Kier alpha value is -4.34. The molecule has 0 spiro atoms. The summed E-state index contributed by atoms with van der Waals surface area (Å²) in [4.78, 5) is 36.4. The molecule has 1 aliphatic rings. The number of halogens is 3. The van der Waals surface area contributed by atoms with E-state index in [1.807, 2.05) is 11.8 Å². The summed E-state index contributed by atoms with van der Waals surface area (Å²) in [6.07, 6.45) is -1.65. The van der Waals surface area contributed by atoms with Crippen LogP contribution in [-0.2, 0) is 17.5 Å². The van der Waals surface area contributed by atoms with Crippen molar-refractivity contribution >= 4 is 33.3 Å². The van der Waals surface area contributed by atoms with E-state index in [-0.39, 0.29) is 30.0 Å². The molecule has 1 saturated heterocycles. The van der Waals surface area contributed by atoms with Gasteiger partial charge in [-0.25, -0.2) is 29.3 Å². The number of nitrogens with one attached hydrogen (secondary N) is 1. The first-order chi connectivity index (χ1) is 19.1. The minimum atomic E-state index is -4.61. The molecule has 4 aromatic heterocycles. The Morgan fingerprint density at radius 3 is 2.67 bits per heavy atom. The summed E-state index contributed by atoms with van der Waals surface area (Å²) in [6.45, 7) is 6.49. The Labute approximate surface area is 229 Å². The summed E-state index contributed by atoms with van der Waals surface area (Å²) in [5.41, 5.74) is 2.05. The van der Waals surface area contributed by atoms with Gasteiger partial charge >= 0.3 is 6.18 Å². The van der Waals surface area contributed by atoms with Crippen molar-refractivity contribution in [3.05, 3.63) is 47.5 Å². The number of aromatic amines is 1. The standard InChI is InChI=1S/C24H24F3N11OS/c1-13-9-35(6-7-36(13)19(39)10-37-15(3)30-14(2)34-37)22-20(33-23(40-22)24(25,26)27)21-31-17-5-4-16(8-18(17)32-21)38-12-28-11-29-38/h4-5,8,11-13H,6-7,9-10H2,1-3H3,(H,31,32)/t13-/m1/s1. The zero-order valence-corrected chi connectivity index (χ0v) is 22.5. The number of hydrogen-bond acceptors (Lipinski definition) is 9. The van der Waals surface area contributed by atoms with E-state index >= 15 is 0 Å². The maximum atomic E-state index is 13.8. The highest BCUT2D eigenvalue weighted by atomic mass is 32.1. The van der Waals surface area contributed by atoms with Crippen molar-refractivity contribution in [1.29, 1.82) is 0 Å². The molecule has 5 heterocycles. The van der Waals surface area contributed by atoms with E-state index in [1.54, 1.807) is 52.6 Å². The smallest absolute Gasteiger partial charge is 0.358 e. The van der Waals surface area contributed by atoms with Crippen molar-refractivity contribution in [2.24, 2.45) is 0 Å². The lowest BCUT2D eigenvalue weighted by molar-refractivity contribution is -0.137. The topological polar surface area (TPSA) is 127 Å². The summed E-state index contributed by atoms with van der Waals surface area (Å²) in [5.74, 6) is 1.34. The molecule has 5 aromatic rings. The molecule has 0 bridgehead atoms. The van der Waals surface area contributed by atoms with Gasteiger partial charge in [0, 0.05) is 25.7 Å². The predicted molar refractivity (Wildman–Crippen MR) is 140 cm³/mol. The van der Waals surface area contributed by atoms with E-state index in [0.29, 0.717) is 58.7 Å². The van der Waals surface area contributed by atoms with Gasteiger partial charge < -0.3 is 14.8 Å². The van der Waals surface area contributed by atoms with E-state index < -0.39 is 11.2 Å². The van der Waals surface area contributed by atoms with Crippen molar-refractivity contribution in [3.63, 3.8) is 0 Å². The number of imidazole rings is 1. The van der Waals surface area contributed by atoms with E-state index in [2.05, 4.69) is 35.1 Å². The van der Waals surface area contributed by atoms with Gasteiger partial charge in [0.05, 0.1) is 16.7 Å². The molecule has 208 valence electrons. The average molecular weight is 572 g/mol. The zero-order chi connectivity index (χ0) is 28.2. The quantitative estimate of drug-likeness (QED) is 0.341. The largest absolute Gasteiger partial charge is 0.443 e. The van der Waals surface area contributed by atoms with Crippen LogP contribution >= 0.6 is 11.3 Å². The number of rotatable bonds is 5. The first-order valence-corrected chi connectivity index (χ1v) is 13.2. The van der Waals surface area contributed by atoms with E-state index in [4.69, 9.17) is 0 Å². The number of alkyl halides is 3. The number of nitrogens with zero attached hydrogens (tertiary/aromatic N) is 10. The number of anilines is 1. The van der Waals surface area contributed by atoms with Gasteiger partial charge in [0.1, 0.15) is 41.5 Å². The number of piperazine rings is 1. The third-order valence-corrected chi connectivity index (χ3v) is 7.87. The molecule has 1 atom stereocenters. The van der Waals surface area contributed by atoms with Gasteiger partial charge in [0.2, 0.25) is 10.9 Å². The summed E-state index contributed by atoms with van der Waals surface area (Å²) >= 11 is 0.579. The summed E-state index contributed by atoms with van der Waals surface area (Å²) in [6, 6.07) is 5.09. The molecule has 1 aromatic carbocycles. The molecule has 6 rings (SSSR count). The molecule has 0 radical (unpaired) electrons. The molecule has 0 saturated carbocycles. The molecule has 1 N–H and O–H groups in total. The maximum absolute atomic E-state index is 13.8. The molecule has 1 amide bonds. The normalized spacial score (nSPS) is 16.3. The Morgan fingerprint density at radius 1 is 1.18 bits per heavy atom. The second-order valence-electron chi connectivity index (χ2n) is 9.54. The van der Waals surface area contributed by atoms with Crippen LogP contribution in [0.15, 0.2) is 30.9 Å². The van der Waals surface area contributed by atoms with Crippen molar-refractivity contribution in [2.75, 3.05) is 24.5 Å². The first kappa shape index (κ1) is 25.9. The van der Waals surface area contributed by atoms with Gasteiger partial charge in [-0.2, -0.15) is 23.4 Å². The molecule has 16 heteroatoms. The second-order valence-corrected chi connectivity index (χ2v) is 10.5. The van der Waals surface area contributed by atoms with Crippen LogP contribution in [0.25, 0.3) is 28.2 Å². The van der Waals surface area contributed by atoms with Crippen LogP contribution in [0, 0.1) is 13.8 Å². The second kappa shape index (κ2) is 9.69. The number of H-pyrrole nitrogens is 1. The molecule has 40 heavy (non-hydrogen) atoms. The lowest BCUT2D eigenvalue weighted by Gasteiger charge is -2.40. The minimum absolute atomic E-state index is 0.0522. The lowest BCUT2D eigenvalue weighted by Crippen LogP contribution is -2.54. The third-order valence-electron chi connectivity index (χ3n) is 6.71. The van der Waals surface area contributed by atoms with Crippen LogP contribution in [0.3, 0.4) is 0 Å². The van der Waals surface area contributed by atoms with Crippen molar-refractivity contribution in [2.45, 2.75) is 39.5 Å². The Bertz CT molecular complexity index is 1690. The van der Waals surface area contributed by atoms with Gasteiger partial charge in [0.25, 0.3) is 0 Å². The fraction of sp³-hybridized carbons (Fsp3) is 0.375. The number of benzene rings is 1. The highest BCUT2D eigenvalue weighted by Gasteiger charge is 2.39. The maximum Gasteiger partial charge on any atom is 0.443 e. The first-order valence-electron chi connectivity index (χ1n) is 12.4. The highest BCUT2D eigenvalue weighted by molar-refractivity contribution is 7.16. The molecule has 1 aliphatic heterocycles. The van der Waals surface area contributed by atoms with Crippen molar-refractivity contribution in [3.8, 4) is 17.2 Å². The minimum Gasteiger partial charge on any atom is -0.358 e. The summed E-state index contributed by atoms with van der Waals surface area (Å²) in [5, 5.41) is 7.77. The molecule has 0 aliphatic carbocycles. The Balaban J connectivity index is 1.28. The van der Waals surface area contributed by atoms with Crippen molar-refractivity contribution in [1.82, 2.24) is 49.4 Å². The van der Waals surface area contributed by atoms with Gasteiger partial charge in [0.15, 0.2) is 5.82 Å². The average Bonchev–Trinajstić information content (AvgIpc) is 3.69.